The minimum atomic E-state index is 0.119. The monoisotopic (exact) mass is 337 g/mol. The first-order valence-electron chi connectivity index (χ1n) is 7.73. The Labute approximate surface area is 146 Å². The van der Waals surface area contributed by atoms with Gasteiger partial charge in [0.2, 0.25) is 5.91 Å². The van der Waals surface area contributed by atoms with E-state index in [1.807, 2.05) is 72.5 Å². The molecule has 4 nitrogen and oxygen atoms in total. The second-order valence-corrected chi connectivity index (χ2v) is 6.52. The molecule has 0 bridgehead atoms. The fourth-order valence-corrected chi connectivity index (χ4v) is 3.21. The molecular formula is C19H19N3OS. The number of hydrogen-bond donors (Lipinski definition) is 0. The average Bonchev–Trinajstić information content (AvgIpc) is 3.15. The minimum Gasteiger partial charge on any atom is -0.341 e. The lowest BCUT2D eigenvalue weighted by atomic mass is 10.2. The molecule has 1 amide bonds. The fourth-order valence-electron chi connectivity index (χ4n) is 2.35. The second kappa shape index (κ2) is 7.84. The standard InChI is InChI=1S/C19H19N3OS/c1-21(19(23)15-24-18-9-3-2-4-10-18)14-16-7-5-8-17(13-16)22-12-6-11-20-22/h2-13H,14-15H2,1H3. The van der Waals surface area contributed by atoms with Crippen LogP contribution in [0.4, 0.5) is 0 Å². The Balaban J connectivity index is 1.59. The SMILES string of the molecule is CN(Cc1cccc(-n2cccn2)c1)C(=O)CSc1ccccc1. The fraction of sp³-hybridized carbons (Fsp3) is 0.158. The predicted octanol–water partition coefficient (Wildman–Crippen LogP) is 3.62. The van der Waals surface area contributed by atoms with Crippen molar-refractivity contribution in [3.8, 4) is 5.69 Å². The van der Waals surface area contributed by atoms with Crippen molar-refractivity contribution >= 4 is 17.7 Å². The number of carbonyl (C=O) groups is 1. The molecule has 0 atom stereocenters. The van der Waals surface area contributed by atoms with Gasteiger partial charge in [-0.25, -0.2) is 4.68 Å². The van der Waals surface area contributed by atoms with E-state index in [1.54, 1.807) is 22.9 Å². The van der Waals surface area contributed by atoms with Crippen molar-refractivity contribution in [2.24, 2.45) is 0 Å². The van der Waals surface area contributed by atoms with Crippen molar-refractivity contribution in [1.29, 1.82) is 0 Å². The van der Waals surface area contributed by atoms with Crippen molar-refractivity contribution in [1.82, 2.24) is 14.7 Å². The van der Waals surface area contributed by atoms with Crippen molar-refractivity contribution in [2.75, 3.05) is 12.8 Å². The maximum absolute atomic E-state index is 12.3. The molecule has 1 heterocycles. The zero-order valence-corrected chi connectivity index (χ0v) is 14.3. The molecule has 2 aromatic carbocycles. The van der Waals surface area contributed by atoms with Crippen LogP contribution in [0.3, 0.4) is 0 Å². The average molecular weight is 337 g/mol. The van der Waals surface area contributed by atoms with E-state index in [9.17, 15) is 4.79 Å². The van der Waals surface area contributed by atoms with E-state index in [0.29, 0.717) is 12.3 Å². The van der Waals surface area contributed by atoms with Gasteiger partial charge < -0.3 is 4.90 Å². The Morgan fingerprint density at radius 2 is 1.96 bits per heavy atom. The van der Waals surface area contributed by atoms with Gasteiger partial charge in [0.25, 0.3) is 0 Å². The minimum absolute atomic E-state index is 0.119. The third kappa shape index (κ3) is 4.26. The highest BCUT2D eigenvalue weighted by Gasteiger charge is 2.10. The van der Waals surface area contributed by atoms with Crippen LogP contribution in [0.5, 0.6) is 0 Å². The van der Waals surface area contributed by atoms with Crippen molar-refractivity contribution in [3.05, 3.63) is 78.6 Å². The Morgan fingerprint density at radius 3 is 2.71 bits per heavy atom. The van der Waals surface area contributed by atoms with Gasteiger partial charge in [0, 0.05) is 30.9 Å². The Morgan fingerprint density at radius 1 is 1.12 bits per heavy atom. The topological polar surface area (TPSA) is 38.1 Å². The van der Waals surface area contributed by atoms with Crippen molar-refractivity contribution in [3.63, 3.8) is 0 Å². The van der Waals surface area contributed by atoms with Gasteiger partial charge in [0.1, 0.15) is 0 Å². The van der Waals surface area contributed by atoms with Crippen LogP contribution in [0.1, 0.15) is 5.56 Å². The third-order valence-electron chi connectivity index (χ3n) is 3.63. The number of carbonyl (C=O) groups excluding carboxylic acids is 1. The van der Waals surface area contributed by atoms with Gasteiger partial charge >= 0.3 is 0 Å². The summed E-state index contributed by atoms with van der Waals surface area (Å²) in [5.74, 6) is 0.563. The maximum Gasteiger partial charge on any atom is 0.232 e. The molecule has 3 rings (SSSR count). The van der Waals surface area contributed by atoms with Crippen LogP contribution in [-0.4, -0.2) is 33.4 Å². The van der Waals surface area contributed by atoms with Crippen molar-refractivity contribution < 1.29 is 4.79 Å². The summed E-state index contributed by atoms with van der Waals surface area (Å²) in [6, 6.07) is 20.0. The summed E-state index contributed by atoms with van der Waals surface area (Å²) in [5, 5.41) is 4.24. The normalized spacial score (nSPS) is 10.5. The predicted molar refractivity (Wildman–Crippen MR) is 97.2 cm³/mol. The summed E-state index contributed by atoms with van der Waals surface area (Å²) in [6.07, 6.45) is 3.66. The first kappa shape index (κ1) is 16.3. The molecular weight excluding hydrogens is 318 g/mol. The van der Waals surface area contributed by atoms with Crippen LogP contribution in [0.2, 0.25) is 0 Å². The van der Waals surface area contributed by atoms with Crippen LogP contribution < -0.4 is 0 Å². The summed E-state index contributed by atoms with van der Waals surface area (Å²) >= 11 is 1.56. The number of rotatable bonds is 6. The summed E-state index contributed by atoms with van der Waals surface area (Å²) in [6.45, 7) is 0.587. The van der Waals surface area contributed by atoms with Gasteiger partial charge in [-0.05, 0) is 35.9 Å². The van der Waals surface area contributed by atoms with E-state index in [2.05, 4.69) is 11.2 Å². The quantitative estimate of drug-likeness (QED) is 0.645. The van der Waals surface area contributed by atoms with Gasteiger partial charge in [0.05, 0.1) is 11.4 Å². The number of hydrogen-bond acceptors (Lipinski definition) is 3. The van der Waals surface area contributed by atoms with Crippen LogP contribution in [-0.2, 0) is 11.3 Å². The third-order valence-corrected chi connectivity index (χ3v) is 4.63. The summed E-state index contributed by atoms with van der Waals surface area (Å²) in [5.41, 5.74) is 2.08. The second-order valence-electron chi connectivity index (χ2n) is 5.47. The first-order chi connectivity index (χ1) is 11.7. The molecule has 0 unspecified atom stereocenters. The molecule has 5 heteroatoms. The zero-order chi connectivity index (χ0) is 16.8. The molecule has 1 aromatic heterocycles. The molecule has 0 saturated carbocycles. The molecule has 0 radical (unpaired) electrons. The highest BCUT2D eigenvalue weighted by atomic mass is 32.2. The maximum atomic E-state index is 12.3. The van der Waals surface area contributed by atoms with Crippen LogP contribution in [0.15, 0.2) is 78.0 Å². The lowest BCUT2D eigenvalue weighted by molar-refractivity contribution is -0.127. The van der Waals surface area contributed by atoms with E-state index >= 15 is 0 Å². The van der Waals surface area contributed by atoms with Crippen LogP contribution in [0.25, 0.3) is 5.69 Å². The Bertz CT molecular complexity index is 787. The highest BCUT2D eigenvalue weighted by molar-refractivity contribution is 8.00. The van der Waals surface area contributed by atoms with Gasteiger partial charge in [-0.1, -0.05) is 30.3 Å². The van der Waals surface area contributed by atoms with Crippen molar-refractivity contribution in [2.45, 2.75) is 11.4 Å². The van der Waals surface area contributed by atoms with Gasteiger partial charge in [0.15, 0.2) is 0 Å². The Kier molecular flexibility index (Phi) is 5.33. The summed E-state index contributed by atoms with van der Waals surface area (Å²) in [4.78, 5) is 15.2. The largest absolute Gasteiger partial charge is 0.341 e. The molecule has 0 fully saturated rings. The van der Waals surface area contributed by atoms with E-state index in [-0.39, 0.29) is 5.91 Å². The number of nitrogens with zero attached hydrogens (tertiary/aromatic N) is 3. The van der Waals surface area contributed by atoms with Gasteiger partial charge in [-0.15, -0.1) is 11.8 Å². The lowest BCUT2D eigenvalue weighted by Gasteiger charge is -2.17. The molecule has 0 aliphatic carbocycles. The number of benzene rings is 2. The van der Waals surface area contributed by atoms with E-state index in [1.165, 1.54) is 0 Å². The molecule has 0 aliphatic heterocycles. The van der Waals surface area contributed by atoms with Gasteiger partial charge in [-0.3, -0.25) is 4.79 Å². The van der Waals surface area contributed by atoms with Gasteiger partial charge in [-0.2, -0.15) is 5.10 Å². The molecule has 0 saturated heterocycles. The molecule has 24 heavy (non-hydrogen) atoms. The zero-order valence-electron chi connectivity index (χ0n) is 13.5. The van der Waals surface area contributed by atoms with E-state index in [0.717, 1.165) is 16.1 Å². The lowest BCUT2D eigenvalue weighted by Crippen LogP contribution is -2.27. The number of aromatic nitrogens is 2. The Hall–Kier alpha value is -2.53. The summed E-state index contributed by atoms with van der Waals surface area (Å²) in [7, 11) is 1.84. The van der Waals surface area contributed by atoms with Crippen LogP contribution in [0, 0.1) is 0 Å². The van der Waals surface area contributed by atoms with Crippen LogP contribution >= 0.6 is 11.8 Å². The smallest absolute Gasteiger partial charge is 0.232 e. The highest BCUT2D eigenvalue weighted by Crippen LogP contribution is 2.18. The molecule has 122 valence electrons. The molecule has 0 spiro atoms. The number of amides is 1. The number of thioether (sulfide) groups is 1. The summed E-state index contributed by atoms with van der Waals surface area (Å²) < 4.78 is 1.82. The van der Waals surface area contributed by atoms with E-state index < -0.39 is 0 Å². The molecule has 0 N–H and O–H groups in total. The first-order valence-corrected chi connectivity index (χ1v) is 8.72. The molecule has 3 aromatic rings. The van der Waals surface area contributed by atoms with E-state index in [4.69, 9.17) is 0 Å². The molecule has 0 aliphatic rings.